The molecule has 0 aliphatic heterocycles. The third-order valence-corrected chi connectivity index (χ3v) is 6.57. The number of benzene rings is 3. The van der Waals surface area contributed by atoms with Gasteiger partial charge in [-0.2, -0.15) is 9.67 Å². The van der Waals surface area contributed by atoms with E-state index in [0.29, 0.717) is 21.4 Å². The molecule has 0 aliphatic carbocycles. The number of halogens is 3. The van der Waals surface area contributed by atoms with Crippen molar-refractivity contribution in [2.75, 3.05) is 0 Å². The van der Waals surface area contributed by atoms with Crippen LogP contribution in [-0.2, 0) is 10.8 Å². The number of hydrogen-bond donors (Lipinski definition) is 0. The van der Waals surface area contributed by atoms with Crippen LogP contribution in [0.5, 0.6) is 0 Å². The molecule has 164 valence electrons. The number of fused-ring (bicyclic) bond motifs is 1. The van der Waals surface area contributed by atoms with Crippen molar-refractivity contribution in [3.8, 4) is 11.4 Å². The molecule has 0 amide bonds. The van der Waals surface area contributed by atoms with Crippen LogP contribution in [0.15, 0.2) is 87.6 Å². The molecular formula is C22H12Cl2FN5O2S. The molecule has 7 nitrogen and oxygen atoms in total. The van der Waals surface area contributed by atoms with Crippen molar-refractivity contribution < 1.29 is 8.60 Å². The Morgan fingerprint density at radius 3 is 2.30 bits per heavy atom. The molecule has 11 heteroatoms. The van der Waals surface area contributed by atoms with Crippen LogP contribution in [0.2, 0.25) is 10.0 Å². The third kappa shape index (κ3) is 3.95. The minimum atomic E-state index is -1.94. The van der Waals surface area contributed by atoms with E-state index in [4.69, 9.17) is 23.2 Å². The lowest BCUT2D eigenvalue weighted by Crippen LogP contribution is -2.25. The van der Waals surface area contributed by atoms with Gasteiger partial charge in [-0.25, -0.2) is 8.60 Å². The first-order valence-corrected chi connectivity index (χ1v) is 11.4. The van der Waals surface area contributed by atoms with Crippen LogP contribution in [-0.4, -0.2) is 28.8 Å². The average Bonchev–Trinajstić information content (AvgIpc) is 3.24. The summed E-state index contributed by atoms with van der Waals surface area (Å²) in [5.74, 6) is -0.476. The second-order valence-electron chi connectivity index (χ2n) is 6.89. The lowest BCUT2D eigenvalue weighted by atomic mass is 10.3. The molecule has 0 N–H and O–H groups in total. The van der Waals surface area contributed by atoms with Gasteiger partial charge in [0.05, 0.1) is 11.4 Å². The van der Waals surface area contributed by atoms with Crippen LogP contribution in [0.4, 0.5) is 4.39 Å². The second kappa shape index (κ2) is 8.51. The fourth-order valence-corrected chi connectivity index (χ4v) is 4.66. The van der Waals surface area contributed by atoms with Gasteiger partial charge in [-0.1, -0.05) is 34.5 Å². The van der Waals surface area contributed by atoms with Gasteiger partial charge in [0.2, 0.25) is 5.16 Å². The van der Waals surface area contributed by atoms with E-state index in [1.165, 1.54) is 33.5 Å². The van der Waals surface area contributed by atoms with E-state index in [1.54, 1.807) is 48.5 Å². The summed E-state index contributed by atoms with van der Waals surface area (Å²) in [4.78, 5) is 18.3. The van der Waals surface area contributed by atoms with Gasteiger partial charge in [0.15, 0.2) is 11.2 Å². The third-order valence-electron chi connectivity index (χ3n) is 4.78. The normalized spacial score (nSPS) is 12.2. The molecule has 0 bridgehead atoms. The van der Waals surface area contributed by atoms with Crippen molar-refractivity contribution in [1.82, 2.24) is 24.5 Å². The van der Waals surface area contributed by atoms with Gasteiger partial charge < -0.3 is 0 Å². The molecule has 3 aromatic carbocycles. The van der Waals surface area contributed by atoms with Gasteiger partial charge in [0.25, 0.3) is 5.56 Å². The minimum Gasteiger partial charge on any atom is -0.266 e. The zero-order valence-corrected chi connectivity index (χ0v) is 18.9. The van der Waals surface area contributed by atoms with Gasteiger partial charge in [-0.3, -0.25) is 9.36 Å². The van der Waals surface area contributed by atoms with Gasteiger partial charge in [0.1, 0.15) is 16.6 Å². The van der Waals surface area contributed by atoms with E-state index in [2.05, 4.69) is 15.3 Å². The number of nitrogens with zero attached hydrogens (tertiary/aromatic N) is 5. The van der Waals surface area contributed by atoms with Gasteiger partial charge in [-0.15, -0.1) is 5.10 Å². The Labute approximate surface area is 198 Å². The van der Waals surface area contributed by atoms with Crippen molar-refractivity contribution in [2.45, 2.75) is 10.1 Å². The van der Waals surface area contributed by atoms with E-state index in [9.17, 15) is 13.4 Å². The SMILES string of the molecule is O=c1c2nnn(-c3ccc(Cl)cc3)c2nc(S(=O)c2ccc(F)cc2)n1-c1cccc(Cl)c1. The van der Waals surface area contributed by atoms with Gasteiger partial charge >= 0.3 is 0 Å². The number of aromatic nitrogens is 5. The molecule has 0 saturated heterocycles. The molecule has 5 rings (SSSR count). The predicted molar refractivity (Wildman–Crippen MR) is 123 cm³/mol. The Hall–Kier alpha value is -3.40. The van der Waals surface area contributed by atoms with E-state index < -0.39 is 22.2 Å². The highest BCUT2D eigenvalue weighted by molar-refractivity contribution is 7.85. The highest BCUT2D eigenvalue weighted by Crippen LogP contribution is 2.23. The highest BCUT2D eigenvalue weighted by atomic mass is 35.5. The van der Waals surface area contributed by atoms with Crippen molar-refractivity contribution in [3.05, 3.63) is 99.0 Å². The zero-order chi connectivity index (χ0) is 23.1. The van der Waals surface area contributed by atoms with E-state index in [0.717, 1.165) is 0 Å². The smallest absolute Gasteiger partial charge is 0.266 e. The molecule has 0 saturated carbocycles. The standard InChI is InChI=1S/C22H12Cl2FN5O2S/c23-13-4-8-16(9-5-13)30-20-19(27-28-30)21(31)29(17-3-1-2-14(24)12-17)22(26-20)33(32)18-10-6-15(25)7-11-18/h1-12H. The Bertz CT molecular complexity index is 1580. The lowest BCUT2D eigenvalue weighted by molar-refractivity contribution is 0.626. The molecule has 1 atom stereocenters. The minimum absolute atomic E-state index is 0.0234. The lowest BCUT2D eigenvalue weighted by Gasteiger charge is -2.12. The van der Waals surface area contributed by atoms with Crippen LogP contribution >= 0.6 is 23.2 Å². The fourth-order valence-electron chi connectivity index (χ4n) is 3.24. The molecule has 2 aromatic heterocycles. The Morgan fingerprint density at radius 1 is 0.879 bits per heavy atom. The maximum atomic E-state index is 13.5. The molecule has 0 aliphatic rings. The fraction of sp³-hybridized carbons (Fsp3) is 0. The van der Waals surface area contributed by atoms with E-state index in [1.807, 2.05) is 0 Å². The number of rotatable bonds is 4. The topological polar surface area (TPSA) is 82.7 Å². The Balaban J connectivity index is 1.81. The molecule has 0 spiro atoms. The first-order chi connectivity index (χ1) is 15.9. The molecule has 0 radical (unpaired) electrons. The summed E-state index contributed by atoms with van der Waals surface area (Å²) in [7, 11) is -1.94. The molecule has 2 heterocycles. The van der Waals surface area contributed by atoms with Crippen LogP contribution < -0.4 is 5.56 Å². The summed E-state index contributed by atoms with van der Waals surface area (Å²) in [6, 6.07) is 18.3. The van der Waals surface area contributed by atoms with Gasteiger partial charge in [-0.05, 0) is 66.7 Å². The summed E-state index contributed by atoms with van der Waals surface area (Å²) < 4.78 is 29.5. The van der Waals surface area contributed by atoms with Crippen molar-refractivity contribution in [2.24, 2.45) is 0 Å². The molecule has 1 unspecified atom stereocenters. The highest BCUT2D eigenvalue weighted by Gasteiger charge is 2.23. The maximum Gasteiger partial charge on any atom is 0.289 e. The first-order valence-electron chi connectivity index (χ1n) is 9.50. The van der Waals surface area contributed by atoms with Crippen molar-refractivity contribution in [1.29, 1.82) is 0 Å². The van der Waals surface area contributed by atoms with Crippen LogP contribution in [0.25, 0.3) is 22.5 Å². The van der Waals surface area contributed by atoms with Crippen molar-refractivity contribution in [3.63, 3.8) is 0 Å². The van der Waals surface area contributed by atoms with E-state index >= 15 is 0 Å². The summed E-state index contributed by atoms with van der Waals surface area (Å²) >= 11 is 12.1. The molecule has 33 heavy (non-hydrogen) atoms. The van der Waals surface area contributed by atoms with Crippen molar-refractivity contribution >= 4 is 45.2 Å². The van der Waals surface area contributed by atoms with Crippen LogP contribution in [0.3, 0.4) is 0 Å². The second-order valence-corrected chi connectivity index (χ2v) is 9.13. The van der Waals surface area contributed by atoms with Crippen LogP contribution in [0, 0.1) is 5.82 Å². The Morgan fingerprint density at radius 2 is 1.61 bits per heavy atom. The molecular weight excluding hydrogens is 488 g/mol. The molecule has 5 aromatic rings. The average molecular weight is 500 g/mol. The number of hydrogen-bond acceptors (Lipinski definition) is 5. The quantitative estimate of drug-likeness (QED) is 0.338. The zero-order valence-electron chi connectivity index (χ0n) is 16.5. The van der Waals surface area contributed by atoms with E-state index in [-0.39, 0.29) is 21.2 Å². The van der Waals surface area contributed by atoms with Crippen LogP contribution in [0.1, 0.15) is 0 Å². The summed E-state index contributed by atoms with van der Waals surface area (Å²) in [5, 5.41) is 8.90. The summed E-state index contributed by atoms with van der Waals surface area (Å²) in [5.41, 5.74) is 0.435. The largest absolute Gasteiger partial charge is 0.289 e. The maximum absolute atomic E-state index is 13.5. The summed E-state index contributed by atoms with van der Waals surface area (Å²) in [6.07, 6.45) is 0. The monoisotopic (exact) mass is 499 g/mol. The van der Waals surface area contributed by atoms with Gasteiger partial charge in [0, 0.05) is 14.9 Å². The molecule has 0 fully saturated rings. The Kier molecular flexibility index (Phi) is 5.53. The summed E-state index contributed by atoms with van der Waals surface area (Å²) in [6.45, 7) is 0. The first kappa shape index (κ1) is 21.4. The predicted octanol–water partition coefficient (Wildman–Crippen LogP) is 4.58.